The number of benzene rings is 2. The van der Waals surface area contributed by atoms with Gasteiger partial charge in [-0.1, -0.05) is 71.9 Å². The van der Waals surface area contributed by atoms with E-state index in [1.165, 1.54) is 0 Å². The lowest BCUT2D eigenvalue weighted by molar-refractivity contribution is -0.262. The number of nitrogens with zero attached hydrogens (tertiary/aromatic N) is 3. The Bertz CT molecular complexity index is 1350. The van der Waals surface area contributed by atoms with Crippen LogP contribution in [0.2, 0.25) is 0 Å². The van der Waals surface area contributed by atoms with Crippen LogP contribution in [0.5, 0.6) is 0 Å². The second-order valence-electron chi connectivity index (χ2n) is 11.1. The summed E-state index contributed by atoms with van der Waals surface area (Å²) in [5.74, 6) is -1.33. The van der Waals surface area contributed by atoms with Crippen LogP contribution in [0, 0.1) is 11.8 Å². The van der Waals surface area contributed by atoms with Crippen molar-refractivity contribution in [3.8, 4) is 0 Å². The number of azide groups is 1. The van der Waals surface area contributed by atoms with E-state index in [9.17, 15) is 24.6 Å². The molecule has 0 amide bonds. The minimum absolute atomic E-state index is 0.0120. The van der Waals surface area contributed by atoms with E-state index in [-0.39, 0.29) is 49.5 Å². The fourth-order valence-electron chi connectivity index (χ4n) is 5.71. The molecule has 2 aliphatic rings. The number of aliphatic hydroxyl groups is 2. The van der Waals surface area contributed by atoms with Crippen molar-refractivity contribution in [3.05, 3.63) is 93.9 Å². The number of ketones is 2. The number of rotatable bonds is 15. The van der Waals surface area contributed by atoms with Crippen molar-refractivity contribution in [3.63, 3.8) is 0 Å². The summed E-state index contributed by atoms with van der Waals surface area (Å²) in [6.45, 7) is 0.292. The molecule has 2 aromatic carbocycles. The van der Waals surface area contributed by atoms with Crippen LogP contribution in [0.15, 0.2) is 71.9 Å². The molecule has 1 heterocycles. The van der Waals surface area contributed by atoms with Gasteiger partial charge in [0.2, 0.25) is 0 Å². The summed E-state index contributed by atoms with van der Waals surface area (Å²) in [4.78, 5) is 38.7. The van der Waals surface area contributed by atoms with E-state index in [1.807, 2.05) is 18.2 Å². The van der Waals surface area contributed by atoms with Crippen molar-refractivity contribution < 1.29 is 39.2 Å². The van der Waals surface area contributed by atoms with Gasteiger partial charge >= 0.3 is 5.97 Å². The third kappa shape index (κ3) is 8.82. The normalized spacial score (nSPS) is 26.9. The first kappa shape index (κ1) is 33.0. The molecule has 1 saturated heterocycles. The average Bonchev–Trinajstić information content (AvgIpc) is 3.37. The van der Waals surface area contributed by atoms with Crippen molar-refractivity contribution in [1.82, 2.24) is 5.32 Å². The van der Waals surface area contributed by atoms with E-state index in [2.05, 4.69) is 15.3 Å². The number of hydrogen-bond acceptors (Lipinski definition) is 9. The van der Waals surface area contributed by atoms with Crippen LogP contribution in [0.3, 0.4) is 0 Å². The molecule has 2 aromatic rings. The molecule has 0 spiro atoms. The molecule has 4 rings (SSSR count). The van der Waals surface area contributed by atoms with Crippen molar-refractivity contribution >= 4 is 17.5 Å². The summed E-state index contributed by atoms with van der Waals surface area (Å²) in [6, 6.07) is 15.2. The second-order valence-corrected chi connectivity index (χ2v) is 11.1. The third-order valence-electron chi connectivity index (χ3n) is 8.12. The zero-order chi connectivity index (χ0) is 31.5. The Morgan fingerprint density at radius 2 is 1.80 bits per heavy atom. The van der Waals surface area contributed by atoms with Gasteiger partial charge in [-0.3, -0.25) is 14.4 Å². The molecule has 12 heteroatoms. The zero-order valence-electron chi connectivity index (χ0n) is 24.3. The lowest BCUT2D eigenvalue weighted by atomic mass is 9.89. The number of carboxylic acids is 1. The van der Waals surface area contributed by atoms with Crippen LogP contribution in [-0.4, -0.2) is 76.7 Å². The number of carbonyl (C=O) groups is 3. The summed E-state index contributed by atoms with van der Waals surface area (Å²) in [7, 11) is 0. The smallest absolute Gasteiger partial charge is 0.303 e. The molecular formula is C32H38N4O8. The van der Waals surface area contributed by atoms with Gasteiger partial charge < -0.3 is 30.1 Å². The topological polar surface area (TPSA) is 191 Å². The molecule has 2 fully saturated rings. The molecular weight excluding hydrogens is 568 g/mol. The van der Waals surface area contributed by atoms with Crippen LogP contribution in [0.4, 0.5) is 0 Å². The van der Waals surface area contributed by atoms with Gasteiger partial charge in [-0.2, -0.15) is 0 Å². The maximum Gasteiger partial charge on any atom is 0.303 e. The maximum absolute atomic E-state index is 12.7. The van der Waals surface area contributed by atoms with Crippen molar-refractivity contribution in [2.45, 2.75) is 69.3 Å². The van der Waals surface area contributed by atoms with Gasteiger partial charge in [0, 0.05) is 41.3 Å². The second kappa shape index (κ2) is 16.2. The van der Waals surface area contributed by atoms with E-state index in [1.54, 1.807) is 48.5 Å². The molecule has 1 saturated carbocycles. The molecule has 0 unspecified atom stereocenters. The van der Waals surface area contributed by atoms with Crippen LogP contribution >= 0.6 is 0 Å². The highest BCUT2D eigenvalue weighted by Gasteiger charge is 2.44. The van der Waals surface area contributed by atoms with E-state index >= 15 is 0 Å². The largest absolute Gasteiger partial charge is 0.481 e. The quantitative estimate of drug-likeness (QED) is 0.0586. The highest BCUT2D eigenvalue weighted by atomic mass is 16.7. The molecule has 234 valence electrons. The number of Topliss-reactive ketones (excluding diaryl/α,β-unsaturated/α-hetero) is 1. The number of hydrogen-bond donors (Lipinski definition) is 4. The first-order chi connectivity index (χ1) is 21.3. The van der Waals surface area contributed by atoms with Crippen LogP contribution in [0.25, 0.3) is 10.4 Å². The summed E-state index contributed by atoms with van der Waals surface area (Å²) in [6.07, 6.45) is 1.08. The van der Waals surface area contributed by atoms with Crippen molar-refractivity contribution in [2.75, 3.05) is 13.2 Å². The standard InChI is InChI=1S/C32H38N4O8/c33-36-35-19-26-30(41)31(42)28(34-18-20-10-12-22(13-11-20)29(40)21-7-3-1-4-8-21)32(44-26)43-16-6-2-5-9-24-23(17-27(38)39)14-15-25(24)37/h1-5,7-8,10-13,23-24,26,28,30-32,34,41-42H,6,9,14-19H2,(H,38,39)/b5-2-/t23-,24+,26-,28-,30-,31-,32-/m1/s1. The van der Waals surface area contributed by atoms with Crippen LogP contribution in [0.1, 0.15) is 53.6 Å². The Morgan fingerprint density at radius 1 is 1.07 bits per heavy atom. The summed E-state index contributed by atoms with van der Waals surface area (Å²) in [5.41, 5.74) is 10.7. The average molecular weight is 607 g/mol. The first-order valence-electron chi connectivity index (χ1n) is 14.7. The molecule has 0 radical (unpaired) electrons. The number of ether oxygens (including phenoxy) is 2. The van der Waals surface area contributed by atoms with Gasteiger partial charge in [-0.25, -0.2) is 0 Å². The lowest BCUT2D eigenvalue weighted by Crippen LogP contribution is -2.63. The summed E-state index contributed by atoms with van der Waals surface area (Å²) < 4.78 is 11.8. The third-order valence-corrected chi connectivity index (χ3v) is 8.12. The molecule has 1 aliphatic carbocycles. The van der Waals surface area contributed by atoms with Crippen LogP contribution in [-0.2, 0) is 25.6 Å². The molecule has 12 nitrogen and oxygen atoms in total. The van der Waals surface area contributed by atoms with Gasteiger partial charge in [0.1, 0.15) is 18.0 Å². The number of allylic oxidation sites excluding steroid dienone is 1. The first-order valence-corrected chi connectivity index (χ1v) is 14.7. The van der Waals surface area contributed by atoms with Gasteiger partial charge in [0.15, 0.2) is 12.1 Å². The molecule has 0 aromatic heterocycles. The molecule has 7 atom stereocenters. The Labute approximate surface area is 255 Å². The fourth-order valence-corrected chi connectivity index (χ4v) is 5.71. The Morgan fingerprint density at radius 3 is 2.50 bits per heavy atom. The Kier molecular flexibility index (Phi) is 12.2. The SMILES string of the molecule is [N-]=[N+]=NC[C@H]1O[C@@H](OCC/C=C\C[C@@H]2C(=O)CC[C@@H]2CC(=O)O)[C@H](NCc2ccc(C(=O)c3ccccc3)cc2)[C@@H](O)[C@@H]1O. The molecule has 44 heavy (non-hydrogen) atoms. The number of carboxylic acid groups (broad SMARTS) is 1. The Hall–Kier alpha value is -3.90. The minimum atomic E-state index is -1.33. The lowest BCUT2D eigenvalue weighted by Gasteiger charge is -2.42. The molecule has 4 N–H and O–H groups in total. The summed E-state index contributed by atoms with van der Waals surface area (Å²) >= 11 is 0. The predicted molar refractivity (Wildman–Crippen MR) is 159 cm³/mol. The van der Waals surface area contributed by atoms with Crippen LogP contribution < -0.4 is 5.32 Å². The molecule has 1 aliphatic heterocycles. The van der Waals surface area contributed by atoms with Gasteiger partial charge in [-0.15, -0.1) is 0 Å². The van der Waals surface area contributed by atoms with Gasteiger partial charge in [-0.05, 0) is 36.3 Å². The highest BCUT2D eigenvalue weighted by Crippen LogP contribution is 2.34. The molecule has 0 bridgehead atoms. The van der Waals surface area contributed by atoms with Crippen molar-refractivity contribution in [1.29, 1.82) is 0 Å². The van der Waals surface area contributed by atoms with E-state index in [4.69, 9.17) is 20.1 Å². The number of aliphatic carboxylic acids is 1. The minimum Gasteiger partial charge on any atom is -0.481 e. The number of aliphatic hydroxyl groups excluding tert-OH is 2. The van der Waals surface area contributed by atoms with Gasteiger partial charge in [0.25, 0.3) is 0 Å². The fraction of sp³-hybridized carbons (Fsp3) is 0.469. The van der Waals surface area contributed by atoms with E-state index in [0.717, 1.165) is 5.56 Å². The van der Waals surface area contributed by atoms with Crippen molar-refractivity contribution in [2.24, 2.45) is 17.0 Å². The maximum atomic E-state index is 12.7. The van der Waals surface area contributed by atoms with Gasteiger partial charge in [0.05, 0.1) is 25.3 Å². The number of nitrogens with one attached hydrogen (secondary N) is 1. The number of carbonyl (C=O) groups excluding carboxylic acids is 2. The van der Waals surface area contributed by atoms with E-state index in [0.29, 0.717) is 36.8 Å². The highest BCUT2D eigenvalue weighted by molar-refractivity contribution is 6.08. The summed E-state index contributed by atoms with van der Waals surface area (Å²) in [5, 5.41) is 37.3. The predicted octanol–water partition coefficient (Wildman–Crippen LogP) is 3.56. The van der Waals surface area contributed by atoms with E-state index < -0.39 is 36.6 Å². The zero-order valence-corrected chi connectivity index (χ0v) is 24.3. The Balaban J connectivity index is 1.33. The monoisotopic (exact) mass is 606 g/mol.